The number of nitrogens with two attached hydrogens (primary N) is 1. The molecule has 0 saturated heterocycles. The van der Waals surface area contributed by atoms with Gasteiger partial charge in [0.1, 0.15) is 0 Å². The van der Waals surface area contributed by atoms with E-state index in [1.54, 1.807) is 16.8 Å². The summed E-state index contributed by atoms with van der Waals surface area (Å²) in [5.41, 5.74) is 2.39. The number of aromatic nitrogens is 3. The van der Waals surface area contributed by atoms with Crippen molar-refractivity contribution in [3.63, 3.8) is 0 Å². The van der Waals surface area contributed by atoms with Gasteiger partial charge in [-0.25, -0.2) is 5.84 Å². The van der Waals surface area contributed by atoms with Gasteiger partial charge in [-0.3, -0.25) is 5.43 Å². The lowest BCUT2D eigenvalue weighted by molar-refractivity contribution is 0.0693. The van der Waals surface area contributed by atoms with Crippen LogP contribution in [0, 0.1) is 0 Å². The van der Waals surface area contributed by atoms with Crippen LogP contribution in [-0.2, 0) is 4.74 Å². The number of nitrogens with zero attached hydrogens (tertiary/aromatic N) is 5. The van der Waals surface area contributed by atoms with Gasteiger partial charge in [0.2, 0.25) is 17.8 Å². The summed E-state index contributed by atoms with van der Waals surface area (Å²) in [5, 5.41) is 9.70. The highest BCUT2D eigenvalue weighted by atomic mass is 16.5. The van der Waals surface area contributed by atoms with Gasteiger partial charge in [-0.1, -0.05) is 0 Å². The molecule has 1 unspecified atom stereocenters. The molecule has 108 valence electrons. The molecule has 0 aromatic carbocycles. The van der Waals surface area contributed by atoms with E-state index in [2.05, 4.69) is 20.4 Å². The normalized spacial score (nSPS) is 12.1. The van der Waals surface area contributed by atoms with E-state index in [-0.39, 0.29) is 12.6 Å². The molecule has 1 aromatic rings. The third-order valence-electron chi connectivity index (χ3n) is 2.33. The summed E-state index contributed by atoms with van der Waals surface area (Å²) in [7, 11) is 6.94. The van der Waals surface area contributed by atoms with Gasteiger partial charge in [-0.15, -0.1) is 0 Å². The van der Waals surface area contributed by atoms with Gasteiger partial charge in [0.15, 0.2) is 0 Å². The smallest absolute Gasteiger partial charge is 0.243 e. The molecule has 0 fully saturated rings. The molecule has 1 aromatic heterocycles. The minimum absolute atomic E-state index is 0.248. The Hall–Kier alpha value is -1.71. The van der Waals surface area contributed by atoms with Crippen LogP contribution in [0.25, 0.3) is 0 Å². The number of likely N-dealkylation sites (N-methyl/N-ethyl adjacent to an activating group) is 1. The maximum absolute atomic E-state index is 9.70. The molecule has 1 atom stereocenters. The first-order valence-corrected chi connectivity index (χ1v) is 5.76. The van der Waals surface area contributed by atoms with Crippen LogP contribution in [0.2, 0.25) is 0 Å². The number of nitrogen functional groups attached to an aromatic ring is 1. The number of nitrogens with one attached hydrogen (secondary N) is 1. The van der Waals surface area contributed by atoms with Crippen molar-refractivity contribution in [2.75, 3.05) is 56.6 Å². The van der Waals surface area contributed by atoms with E-state index in [0.29, 0.717) is 18.4 Å². The topological polar surface area (TPSA) is 113 Å². The fraction of sp³-hybridized carbons (Fsp3) is 0.700. The molecule has 0 aliphatic carbocycles. The zero-order valence-electron chi connectivity index (χ0n) is 11.7. The van der Waals surface area contributed by atoms with Crippen LogP contribution in [0.4, 0.5) is 17.8 Å². The average Bonchev–Trinajstić information content (AvgIpc) is 2.38. The summed E-state index contributed by atoms with van der Waals surface area (Å²) < 4.78 is 4.88. The van der Waals surface area contributed by atoms with Crippen molar-refractivity contribution >= 4 is 17.8 Å². The van der Waals surface area contributed by atoms with Gasteiger partial charge < -0.3 is 19.6 Å². The summed E-state index contributed by atoms with van der Waals surface area (Å²) >= 11 is 0. The summed E-state index contributed by atoms with van der Waals surface area (Å²) in [5.74, 6) is 6.49. The van der Waals surface area contributed by atoms with Crippen molar-refractivity contribution in [2.45, 2.75) is 6.10 Å². The molecule has 0 spiro atoms. The van der Waals surface area contributed by atoms with Crippen LogP contribution in [0.15, 0.2) is 0 Å². The van der Waals surface area contributed by atoms with E-state index < -0.39 is 6.10 Å². The second-order valence-corrected chi connectivity index (χ2v) is 4.29. The first-order chi connectivity index (χ1) is 8.97. The standard InChI is InChI=1S/C10H21N7O2/c1-16(2)9-12-8(15-11)13-10(14-9)17(3)5-7(18)6-19-4/h7,18H,5-6,11H2,1-4H3,(H,12,13,14,15). The Labute approximate surface area is 112 Å². The number of aliphatic hydroxyl groups is 1. The van der Waals surface area contributed by atoms with Crippen molar-refractivity contribution in [1.82, 2.24) is 15.0 Å². The number of ether oxygens (including phenoxy) is 1. The second-order valence-electron chi connectivity index (χ2n) is 4.29. The lowest BCUT2D eigenvalue weighted by Gasteiger charge is -2.22. The largest absolute Gasteiger partial charge is 0.389 e. The lowest BCUT2D eigenvalue weighted by atomic mass is 10.3. The molecule has 4 N–H and O–H groups in total. The highest BCUT2D eigenvalue weighted by Crippen LogP contribution is 2.13. The Morgan fingerprint density at radius 3 is 2.42 bits per heavy atom. The Balaban J connectivity index is 2.89. The number of anilines is 3. The fourth-order valence-electron chi connectivity index (χ4n) is 1.43. The van der Waals surface area contributed by atoms with Crippen molar-refractivity contribution < 1.29 is 9.84 Å². The Morgan fingerprint density at radius 1 is 1.26 bits per heavy atom. The molecule has 19 heavy (non-hydrogen) atoms. The molecular weight excluding hydrogens is 250 g/mol. The van der Waals surface area contributed by atoms with Gasteiger partial charge in [-0.2, -0.15) is 15.0 Å². The molecule has 9 nitrogen and oxygen atoms in total. The lowest BCUT2D eigenvalue weighted by Crippen LogP contribution is -2.33. The Kier molecular flexibility index (Phi) is 5.67. The van der Waals surface area contributed by atoms with Gasteiger partial charge in [-0.05, 0) is 0 Å². The van der Waals surface area contributed by atoms with Gasteiger partial charge in [0.25, 0.3) is 0 Å². The number of hydrogen-bond donors (Lipinski definition) is 3. The number of methoxy groups -OCH3 is 1. The zero-order chi connectivity index (χ0) is 14.4. The summed E-state index contributed by atoms with van der Waals surface area (Å²) in [4.78, 5) is 16.0. The van der Waals surface area contributed by atoms with Gasteiger partial charge in [0, 0.05) is 34.8 Å². The van der Waals surface area contributed by atoms with Gasteiger partial charge >= 0.3 is 0 Å². The Bertz CT molecular complexity index is 401. The van der Waals surface area contributed by atoms with Crippen LogP contribution < -0.4 is 21.1 Å². The summed E-state index contributed by atoms with van der Waals surface area (Å²) in [6.07, 6.45) is -0.621. The number of hydrogen-bond acceptors (Lipinski definition) is 9. The molecule has 1 heterocycles. The first kappa shape index (κ1) is 15.3. The average molecular weight is 271 g/mol. The van der Waals surface area contributed by atoms with Crippen LogP contribution in [0.3, 0.4) is 0 Å². The maximum Gasteiger partial charge on any atom is 0.243 e. The molecule has 1 rings (SSSR count). The minimum atomic E-state index is -0.621. The van der Waals surface area contributed by atoms with Gasteiger partial charge in [0.05, 0.1) is 12.7 Å². The van der Waals surface area contributed by atoms with Crippen molar-refractivity contribution in [3.05, 3.63) is 0 Å². The molecule has 0 radical (unpaired) electrons. The number of hydrazine groups is 1. The van der Waals surface area contributed by atoms with E-state index in [1.807, 2.05) is 14.1 Å². The molecule has 0 aliphatic heterocycles. The molecule has 9 heteroatoms. The second kappa shape index (κ2) is 7.02. The highest BCUT2D eigenvalue weighted by Gasteiger charge is 2.14. The van der Waals surface area contributed by atoms with E-state index in [1.165, 1.54) is 7.11 Å². The van der Waals surface area contributed by atoms with E-state index >= 15 is 0 Å². The number of aliphatic hydroxyl groups excluding tert-OH is 1. The first-order valence-electron chi connectivity index (χ1n) is 5.76. The van der Waals surface area contributed by atoms with Crippen molar-refractivity contribution in [2.24, 2.45) is 5.84 Å². The van der Waals surface area contributed by atoms with E-state index in [0.717, 1.165) is 0 Å². The zero-order valence-corrected chi connectivity index (χ0v) is 11.7. The predicted octanol–water partition coefficient (Wildman–Crippen LogP) is -1.33. The summed E-state index contributed by atoms with van der Waals surface area (Å²) in [6.45, 7) is 0.590. The van der Waals surface area contributed by atoms with Crippen LogP contribution >= 0.6 is 0 Å². The molecule has 0 bridgehead atoms. The minimum Gasteiger partial charge on any atom is -0.389 e. The third kappa shape index (κ3) is 4.47. The fourth-order valence-corrected chi connectivity index (χ4v) is 1.43. The monoisotopic (exact) mass is 271 g/mol. The van der Waals surface area contributed by atoms with Crippen molar-refractivity contribution in [1.29, 1.82) is 0 Å². The molecular formula is C10H21N7O2. The third-order valence-corrected chi connectivity index (χ3v) is 2.33. The van der Waals surface area contributed by atoms with E-state index in [9.17, 15) is 5.11 Å². The Morgan fingerprint density at radius 2 is 1.89 bits per heavy atom. The maximum atomic E-state index is 9.70. The van der Waals surface area contributed by atoms with Crippen molar-refractivity contribution in [3.8, 4) is 0 Å². The van der Waals surface area contributed by atoms with Crippen LogP contribution in [0.5, 0.6) is 0 Å². The summed E-state index contributed by atoms with van der Waals surface area (Å²) in [6, 6.07) is 0. The molecule has 0 saturated carbocycles. The molecule has 0 aliphatic rings. The SMILES string of the molecule is COCC(O)CN(C)c1nc(NN)nc(N(C)C)n1. The predicted molar refractivity (Wildman–Crippen MR) is 73.1 cm³/mol. The highest BCUT2D eigenvalue weighted by molar-refractivity contribution is 5.43. The molecule has 0 amide bonds. The van der Waals surface area contributed by atoms with E-state index in [4.69, 9.17) is 10.6 Å². The number of rotatable bonds is 7. The quantitative estimate of drug-likeness (QED) is 0.410. The van der Waals surface area contributed by atoms with Crippen LogP contribution in [0.1, 0.15) is 0 Å². The van der Waals surface area contributed by atoms with Crippen LogP contribution in [-0.4, -0.2) is 67.6 Å².